The number of ether oxygens (including phenoxy) is 1. The van der Waals surface area contributed by atoms with E-state index in [0.717, 1.165) is 24.4 Å². The minimum absolute atomic E-state index is 0.210. The smallest absolute Gasteiger partial charge is 0.124 e. The van der Waals surface area contributed by atoms with Gasteiger partial charge in [0.25, 0.3) is 0 Å². The number of methoxy groups -OCH3 is 1. The third kappa shape index (κ3) is 2.01. The minimum atomic E-state index is -0.213. The van der Waals surface area contributed by atoms with Crippen LogP contribution in [0.15, 0.2) is 24.3 Å². The maximum absolute atomic E-state index is 9.19. The molecule has 0 aromatic heterocycles. The molecule has 0 amide bonds. The van der Waals surface area contributed by atoms with Gasteiger partial charge in [-0.3, -0.25) is 4.90 Å². The van der Waals surface area contributed by atoms with E-state index in [9.17, 15) is 5.26 Å². The Bertz CT molecular complexity index is 407. The predicted octanol–water partition coefficient (Wildman–Crippen LogP) is 0.903. The van der Waals surface area contributed by atoms with Crippen LogP contribution in [0, 0.1) is 11.3 Å². The lowest BCUT2D eigenvalue weighted by molar-refractivity contribution is 0.121. The van der Waals surface area contributed by atoms with E-state index in [1.807, 2.05) is 24.3 Å². The minimum Gasteiger partial charge on any atom is -0.497 e. The summed E-state index contributed by atoms with van der Waals surface area (Å²) < 4.78 is 5.15. The highest BCUT2D eigenvalue weighted by Gasteiger charge is 2.30. The lowest BCUT2D eigenvalue weighted by atomic mass is 10.0. The molecule has 2 rings (SSSR count). The molecular formula is C12H15N3O. The average molecular weight is 217 g/mol. The van der Waals surface area contributed by atoms with Gasteiger partial charge in [0.1, 0.15) is 11.8 Å². The SMILES string of the molecule is COc1cccc([C@H](C#N)N2CC(N)C2)c1. The summed E-state index contributed by atoms with van der Waals surface area (Å²) in [4.78, 5) is 2.07. The first-order valence-corrected chi connectivity index (χ1v) is 5.28. The van der Waals surface area contributed by atoms with Crippen molar-refractivity contribution >= 4 is 0 Å². The Labute approximate surface area is 95.2 Å². The summed E-state index contributed by atoms with van der Waals surface area (Å²) in [5.74, 6) is 0.780. The van der Waals surface area contributed by atoms with Crippen molar-refractivity contribution in [1.29, 1.82) is 5.26 Å². The van der Waals surface area contributed by atoms with Gasteiger partial charge in [-0.05, 0) is 17.7 Å². The highest BCUT2D eigenvalue weighted by Crippen LogP contribution is 2.26. The highest BCUT2D eigenvalue weighted by atomic mass is 16.5. The second kappa shape index (κ2) is 4.52. The molecule has 0 bridgehead atoms. The normalized spacial score (nSPS) is 18.6. The van der Waals surface area contributed by atoms with Crippen LogP contribution in [0.5, 0.6) is 5.75 Å². The van der Waals surface area contributed by atoms with Crippen LogP contribution < -0.4 is 10.5 Å². The summed E-state index contributed by atoms with van der Waals surface area (Å²) in [6.45, 7) is 1.57. The van der Waals surface area contributed by atoms with E-state index in [1.165, 1.54) is 0 Å². The molecule has 0 saturated carbocycles. The van der Waals surface area contributed by atoms with E-state index >= 15 is 0 Å². The van der Waals surface area contributed by atoms with Gasteiger partial charge in [0.15, 0.2) is 0 Å². The van der Waals surface area contributed by atoms with Crippen molar-refractivity contribution < 1.29 is 4.74 Å². The third-order valence-corrected chi connectivity index (χ3v) is 2.84. The van der Waals surface area contributed by atoms with Gasteiger partial charge in [-0.1, -0.05) is 12.1 Å². The van der Waals surface area contributed by atoms with Crippen molar-refractivity contribution in [3.63, 3.8) is 0 Å². The van der Waals surface area contributed by atoms with E-state index in [2.05, 4.69) is 11.0 Å². The van der Waals surface area contributed by atoms with Crippen molar-refractivity contribution in [2.24, 2.45) is 5.73 Å². The summed E-state index contributed by atoms with van der Waals surface area (Å²) >= 11 is 0. The van der Waals surface area contributed by atoms with E-state index in [4.69, 9.17) is 10.5 Å². The Hall–Kier alpha value is -1.57. The lowest BCUT2D eigenvalue weighted by Crippen LogP contribution is -2.56. The average Bonchev–Trinajstić information content (AvgIpc) is 2.28. The van der Waals surface area contributed by atoms with E-state index < -0.39 is 0 Å². The van der Waals surface area contributed by atoms with Crippen LogP contribution in [-0.4, -0.2) is 31.1 Å². The Morgan fingerprint density at radius 3 is 2.88 bits per heavy atom. The topological polar surface area (TPSA) is 62.3 Å². The number of benzene rings is 1. The fourth-order valence-corrected chi connectivity index (χ4v) is 1.94. The highest BCUT2D eigenvalue weighted by molar-refractivity contribution is 5.33. The van der Waals surface area contributed by atoms with Crippen molar-refractivity contribution in [2.45, 2.75) is 12.1 Å². The molecule has 1 aromatic rings. The maximum Gasteiger partial charge on any atom is 0.124 e. The van der Waals surface area contributed by atoms with Gasteiger partial charge >= 0.3 is 0 Å². The Morgan fingerprint density at radius 1 is 1.56 bits per heavy atom. The molecule has 1 aliphatic rings. The molecule has 1 saturated heterocycles. The van der Waals surface area contributed by atoms with E-state index in [1.54, 1.807) is 7.11 Å². The van der Waals surface area contributed by atoms with Crippen molar-refractivity contribution in [1.82, 2.24) is 4.90 Å². The molecule has 0 radical (unpaired) electrons. The zero-order valence-electron chi connectivity index (χ0n) is 9.26. The zero-order valence-corrected chi connectivity index (χ0v) is 9.26. The number of nitrogens with zero attached hydrogens (tertiary/aromatic N) is 2. The summed E-state index contributed by atoms with van der Waals surface area (Å²) in [6.07, 6.45) is 0. The van der Waals surface area contributed by atoms with E-state index in [0.29, 0.717) is 0 Å². The first-order valence-electron chi connectivity index (χ1n) is 5.28. The van der Waals surface area contributed by atoms with Crippen LogP contribution in [-0.2, 0) is 0 Å². The Morgan fingerprint density at radius 2 is 2.31 bits per heavy atom. The van der Waals surface area contributed by atoms with Crippen molar-refractivity contribution in [3.05, 3.63) is 29.8 Å². The molecule has 4 heteroatoms. The fourth-order valence-electron chi connectivity index (χ4n) is 1.94. The first-order chi connectivity index (χ1) is 7.74. The Balaban J connectivity index is 2.17. The largest absolute Gasteiger partial charge is 0.497 e. The van der Waals surface area contributed by atoms with Gasteiger partial charge in [-0.2, -0.15) is 5.26 Å². The fraction of sp³-hybridized carbons (Fsp3) is 0.417. The molecule has 4 nitrogen and oxygen atoms in total. The molecule has 1 aliphatic heterocycles. The number of nitriles is 1. The molecule has 1 fully saturated rings. The molecule has 16 heavy (non-hydrogen) atoms. The lowest BCUT2D eigenvalue weighted by Gasteiger charge is -2.39. The second-order valence-electron chi connectivity index (χ2n) is 4.02. The van der Waals surface area contributed by atoms with Gasteiger partial charge in [-0.25, -0.2) is 0 Å². The number of nitrogens with two attached hydrogens (primary N) is 1. The summed E-state index contributed by atoms with van der Waals surface area (Å²) in [5, 5.41) is 9.19. The van der Waals surface area contributed by atoms with Gasteiger partial charge in [-0.15, -0.1) is 0 Å². The Kier molecular flexibility index (Phi) is 3.09. The number of rotatable bonds is 3. The maximum atomic E-state index is 9.19. The molecule has 1 heterocycles. The predicted molar refractivity (Wildman–Crippen MR) is 60.9 cm³/mol. The van der Waals surface area contributed by atoms with Crippen molar-refractivity contribution in [2.75, 3.05) is 20.2 Å². The van der Waals surface area contributed by atoms with Gasteiger partial charge in [0.05, 0.1) is 13.2 Å². The molecule has 0 spiro atoms. The monoisotopic (exact) mass is 217 g/mol. The second-order valence-corrected chi connectivity index (χ2v) is 4.02. The number of hydrogen-bond donors (Lipinski definition) is 1. The summed E-state index contributed by atoms with van der Waals surface area (Å²) in [7, 11) is 1.63. The number of hydrogen-bond acceptors (Lipinski definition) is 4. The van der Waals surface area contributed by atoms with E-state index in [-0.39, 0.29) is 12.1 Å². The zero-order chi connectivity index (χ0) is 11.5. The molecule has 0 aliphatic carbocycles. The molecular weight excluding hydrogens is 202 g/mol. The first kappa shape index (κ1) is 10.9. The molecule has 1 atom stereocenters. The number of likely N-dealkylation sites (tertiary alicyclic amines) is 1. The van der Waals surface area contributed by atoms with Crippen LogP contribution >= 0.6 is 0 Å². The molecule has 0 unspecified atom stereocenters. The van der Waals surface area contributed by atoms with Gasteiger partial charge in [0.2, 0.25) is 0 Å². The molecule has 84 valence electrons. The van der Waals surface area contributed by atoms with Crippen LogP contribution in [0.2, 0.25) is 0 Å². The van der Waals surface area contributed by atoms with Gasteiger partial charge < -0.3 is 10.5 Å². The molecule has 2 N–H and O–H groups in total. The summed E-state index contributed by atoms with van der Waals surface area (Å²) in [6, 6.07) is 9.92. The standard InChI is InChI=1S/C12H15N3O/c1-16-11-4-2-3-9(5-11)12(6-13)15-7-10(14)8-15/h2-5,10,12H,7-8,14H2,1H3/t12-/m0/s1. The van der Waals surface area contributed by atoms with Crippen LogP contribution in [0.3, 0.4) is 0 Å². The summed E-state index contributed by atoms with van der Waals surface area (Å²) in [5.41, 5.74) is 6.69. The molecule has 1 aromatic carbocycles. The van der Waals surface area contributed by atoms with Crippen LogP contribution in [0.1, 0.15) is 11.6 Å². The van der Waals surface area contributed by atoms with Crippen LogP contribution in [0.4, 0.5) is 0 Å². The quantitative estimate of drug-likeness (QED) is 0.817. The van der Waals surface area contributed by atoms with Gasteiger partial charge in [0, 0.05) is 19.1 Å². The third-order valence-electron chi connectivity index (χ3n) is 2.84. The van der Waals surface area contributed by atoms with Crippen LogP contribution in [0.25, 0.3) is 0 Å². The van der Waals surface area contributed by atoms with Crippen molar-refractivity contribution in [3.8, 4) is 11.8 Å².